The number of aryl methyl sites for hydroxylation is 2. The molecule has 1 N–H and O–H groups in total. The normalized spacial score (nSPS) is 10.6. The number of halogens is 1. The SMILES string of the molecule is CCCc1nsc(Nc2ccc(CCCl)cc2)n1. The maximum Gasteiger partial charge on any atom is 0.207 e. The Morgan fingerprint density at radius 3 is 2.67 bits per heavy atom. The number of nitrogens with one attached hydrogen (secondary N) is 1. The lowest BCUT2D eigenvalue weighted by molar-refractivity contribution is 0.862. The molecule has 0 radical (unpaired) electrons. The average Bonchev–Trinajstić information content (AvgIpc) is 2.80. The summed E-state index contributed by atoms with van der Waals surface area (Å²) < 4.78 is 4.30. The van der Waals surface area contributed by atoms with Gasteiger partial charge in [0.05, 0.1) is 0 Å². The average molecular weight is 282 g/mol. The van der Waals surface area contributed by atoms with E-state index in [1.807, 2.05) is 12.1 Å². The molecular weight excluding hydrogens is 266 g/mol. The molecule has 96 valence electrons. The Bertz CT molecular complexity index is 481. The van der Waals surface area contributed by atoms with Crippen LogP contribution in [0.15, 0.2) is 24.3 Å². The van der Waals surface area contributed by atoms with Gasteiger partial charge in [0.1, 0.15) is 5.82 Å². The van der Waals surface area contributed by atoms with Crippen LogP contribution in [0.25, 0.3) is 0 Å². The third-order valence-corrected chi connectivity index (χ3v) is 3.39. The highest BCUT2D eigenvalue weighted by atomic mass is 35.5. The minimum absolute atomic E-state index is 0.656. The Balaban J connectivity index is 1.99. The van der Waals surface area contributed by atoms with Crippen LogP contribution >= 0.6 is 23.1 Å². The standard InChI is InChI=1S/C13H16ClN3S/c1-2-3-12-16-13(18-17-12)15-11-6-4-10(5-7-11)8-9-14/h4-7H,2-3,8-9H2,1H3,(H,15,16,17). The number of hydrogen-bond acceptors (Lipinski definition) is 4. The van der Waals surface area contributed by atoms with Gasteiger partial charge in [-0.15, -0.1) is 11.6 Å². The molecule has 0 saturated heterocycles. The predicted molar refractivity (Wildman–Crippen MR) is 78.1 cm³/mol. The summed E-state index contributed by atoms with van der Waals surface area (Å²) in [4.78, 5) is 4.43. The van der Waals surface area contributed by atoms with Gasteiger partial charge in [0.2, 0.25) is 5.13 Å². The van der Waals surface area contributed by atoms with Gasteiger partial charge in [0.25, 0.3) is 0 Å². The van der Waals surface area contributed by atoms with Gasteiger partial charge < -0.3 is 5.32 Å². The Hall–Kier alpha value is -1.13. The summed E-state index contributed by atoms with van der Waals surface area (Å²) in [5.41, 5.74) is 2.28. The van der Waals surface area contributed by atoms with Gasteiger partial charge in [-0.2, -0.15) is 4.37 Å². The van der Waals surface area contributed by atoms with Crippen molar-refractivity contribution < 1.29 is 0 Å². The Morgan fingerprint density at radius 1 is 1.22 bits per heavy atom. The topological polar surface area (TPSA) is 37.8 Å². The molecule has 0 atom stereocenters. The molecule has 5 heteroatoms. The van der Waals surface area contributed by atoms with E-state index in [0.29, 0.717) is 5.88 Å². The van der Waals surface area contributed by atoms with Gasteiger partial charge in [-0.05, 0) is 30.5 Å². The van der Waals surface area contributed by atoms with E-state index in [0.717, 1.165) is 35.9 Å². The fraction of sp³-hybridized carbons (Fsp3) is 0.385. The Morgan fingerprint density at radius 2 is 2.00 bits per heavy atom. The molecule has 0 spiro atoms. The first kappa shape index (κ1) is 13.3. The lowest BCUT2D eigenvalue weighted by atomic mass is 10.1. The molecule has 0 aliphatic heterocycles. The van der Waals surface area contributed by atoms with Crippen molar-refractivity contribution in [1.29, 1.82) is 0 Å². The number of hydrogen-bond donors (Lipinski definition) is 1. The van der Waals surface area contributed by atoms with Crippen LogP contribution in [0.1, 0.15) is 24.7 Å². The van der Waals surface area contributed by atoms with Gasteiger partial charge in [-0.3, -0.25) is 0 Å². The van der Waals surface area contributed by atoms with Crippen LogP contribution in [0.4, 0.5) is 10.8 Å². The molecule has 0 fully saturated rings. The minimum atomic E-state index is 0.656. The summed E-state index contributed by atoms with van der Waals surface area (Å²) in [6.45, 7) is 2.13. The summed E-state index contributed by atoms with van der Waals surface area (Å²) in [5, 5.41) is 4.11. The smallest absolute Gasteiger partial charge is 0.207 e. The first-order chi connectivity index (χ1) is 8.81. The monoisotopic (exact) mass is 281 g/mol. The highest BCUT2D eigenvalue weighted by Gasteiger charge is 2.03. The summed E-state index contributed by atoms with van der Waals surface area (Å²) in [7, 11) is 0. The largest absolute Gasteiger partial charge is 0.330 e. The van der Waals surface area contributed by atoms with Crippen LogP contribution < -0.4 is 5.32 Å². The number of benzene rings is 1. The van der Waals surface area contributed by atoms with E-state index in [9.17, 15) is 0 Å². The maximum absolute atomic E-state index is 5.71. The number of nitrogens with zero attached hydrogens (tertiary/aromatic N) is 2. The fourth-order valence-corrected chi connectivity index (χ4v) is 2.47. The molecule has 1 heterocycles. The van der Waals surface area contributed by atoms with E-state index in [4.69, 9.17) is 11.6 Å². The van der Waals surface area contributed by atoms with Gasteiger partial charge in [-0.25, -0.2) is 4.98 Å². The Labute approximate surface area is 116 Å². The lowest BCUT2D eigenvalue weighted by Gasteiger charge is -2.03. The second-order valence-corrected chi connectivity index (χ2v) is 5.16. The summed E-state index contributed by atoms with van der Waals surface area (Å²) in [5.74, 6) is 1.58. The van der Waals surface area contributed by atoms with E-state index in [1.165, 1.54) is 17.1 Å². The van der Waals surface area contributed by atoms with Crippen LogP contribution in [0.2, 0.25) is 0 Å². The summed E-state index contributed by atoms with van der Waals surface area (Å²) in [6, 6.07) is 8.25. The molecular formula is C13H16ClN3S. The van der Waals surface area contributed by atoms with Crippen LogP contribution in [0, 0.1) is 0 Å². The molecule has 18 heavy (non-hydrogen) atoms. The van der Waals surface area contributed by atoms with Crippen molar-refractivity contribution in [2.45, 2.75) is 26.2 Å². The van der Waals surface area contributed by atoms with E-state index in [-0.39, 0.29) is 0 Å². The molecule has 1 aromatic carbocycles. The second kappa shape index (κ2) is 6.71. The predicted octanol–water partition coefficient (Wildman–Crippen LogP) is 4.02. The molecule has 0 bridgehead atoms. The number of aromatic nitrogens is 2. The highest BCUT2D eigenvalue weighted by molar-refractivity contribution is 7.09. The highest BCUT2D eigenvalue weighted by Crippen LogP contribution is 2.19. The van der Waals surface area contributed by atoms with Gasteiger partial charge in [-0.1, -0.05) is 19.1 Å². The third kappa shape index (κ3) is 3.68. The molecule has 1 aromatic heterocycles. The van der Waals surface area contributed by atoms with Crippen molar-refractivity contribution in [3.8, 4) is 0 Å². The van der Waals surface area contributed by atoms with E-state index in [1.54, 1.807) is 0 Å². The quantitative estimate of drug-likeness (QED) is 0.813. The van der Waals surface area contributed by atoms with Crippen LogP contribution in [0.3, 0.4) is 0 Å². The molecule has 0 aliphatic rings. The van der Waals surface area contributed by atoms with Gasteiger partial charge >= 0.3 is 0 Å². The van der Waals surface area contributed by atoms with Crippen molar-refractivity contribution in [2.75, 3.05) is 11.2 Å². The summed E-state index contributed by atoms with van der Waals surface area (Å²) >= 11 is 7.11. The first-order valence-electron chi connectivity index (χ1n) is 6.06. The van der Waals surface area contributed by atoms with Crippen LogP contribution in [0.5, 0.6) is 0 Å². The lowest BCUT2D eigenvalue weighted by Crippen LogP contribution is -1.92. The first-order valence-corrected chi connectivity index (χ1v) is 7.37. The molecule has 0 aliphatic carbocycles. The third-order valence-electron chi connectivity index (χ3n) is 2.53. The zero-order chi connectivity index (χ0) is 12.8. The maximum atomic E-state index is 5.71. The van der Waals surface area contributed by atoms with Gasteiger partial charge in [0, 0.05) is 29.5 Å². The fourth-order valence-electron chi connectivity index (χ4n) is 1.62. The zero-order valence-electron chi connectivity index (χ0n) is 10.3. The molecule has 2 rings (SSSR count). The molecule has 2 aromatic rings. The van der Waals surface area contributed by atoms with Crippen LogP contribution in [-0.4, -0.2) is 15.2 Å². The van der Waals surface area contributed by atoms with Crippen molar-refractivity contribution in [1.82, 2.24) is 9.36 Å². The molecule has 0 amide bonds. The summed E-state index contributed by atoms with van der Waals surface area (Å²) in [6.07, 6.45) is 2.91. The van der Waals surface area contributed by atoms with Crippen LogP contribution in [-0.2, 0) is 12.8 Å². The van der Waals surface area contributed by atoms with Gasteiger partial charge in [0.15, 0.2) is 0 Å². The van der Waals surface area contributed by atoms with E-state index in [2.05, 4.69) is 33.7 Å². The second-order valence-electron chi connectivity index (χ2n) is 4.03. The molecule has 0 unspecified atom stereocenters. The Kier molecular flexibility index (Phi) is 4.96. The number of alkyl halides is 1. The van der Waals surface area contributed by atoms with E-state index < -0.39 is 0 Å². The number of anilines is 2. The van der Waals surface area contributed by atoms with Crippen molar-refractivity contribution in [3.63, 3.8) is 0 Å². The number of rotatable bonds is 6. The molecule has 3 nitrogen and oxygen atoms in total. The molecule has 0 saturated carbocycles. The van der Waals surface area contributed by atoms with E-state index >= 15 is 0 Å². The van der Waals surface area contributed by atoms with Crippen molar-refractivity contribution in [3.05, 3.63) is 35.7 Å². The zero-order valence-corrected chi connectivity index (χ0v) is 11.9. The van der Waals surface area contributed by atoms with Crippen molar-refractivity contribution in [2.24, 2.45) is 0 Å². The minimum Gasteiger partial charge on any atom is -0.330 e. The van der Waals surface area contributed by atoms with Crippen molar-refractivity contribution >= 4 is 34.0 Å².